The van der Waals surface area contributed by atoms with Crippen molar-refractivity contribution in [3.63, 3.8) is 0 Å². The van der Waals surface area contributed by atoms with Gasteiger partial charge in [-0.2, -0.15) is 0 Å². The Balaban J connectivity index is 1.52. The highest BCUT2D eigenvalue weighted by Gasteiger charge is 2.22. The van der Waals surface area contributed by atoms with Gasteiger partial charge < -0.3 is 10.1 Å². The van der Waals surface area contributed by atoms with E-state index in [2.05, 4.69) is 40.8 Å². The van der Waals surface area contributed by atoms with Gasteiger partial charge >= 0.3 is 0 Å². The highest BCUT2D eigenvalue weighted by molar-refractivity contribution is 7.13. The van der Waals surface area contributed by atoms with Crippen LogP contribution in [0.1, 0.15) is 24.1 Å². The van der Waals surface area contributed by atoms with Gasteiger partial charge in [-0.1, -0.05) is 23.8 Å². The Morgan fingerprint density at radius 1 is 1.50 bits per heavy atom. The molecule has 116 valence electrons. The van der Waals surface area contributed by atoms with E-state index in [1.54, 1.807) is 11.3 Å². The fraction of sp³-hybridized carbons (Fsp3) is 0.412. The van der Waals surface area contributed by atoms with Gasteiger partial charge in [-0.3, -0.25) is 4.79 Å². The minimum Gasteiger partial charge on any atom is -0.368 e. The molecule has 1 aliphatic heterocycles. The first kappa shape index (κ1) is 15.2. The second kappa shape index (κ2) is 7.03. The number of thiazole rings is 1. The van der Waals surface area contributed by atoms with Crippen LogP contribution >= 0.6 is 11.3 Å². The van der Waals surface area contributed by atoms with Crippen molar-refractivity contribution in [1.82, 2.24) is 10.3 Å². The van der Waals surface area contributed by atoms with E-state index in [0.29, 0.717) is 13.2 Å². The molecule has 2 aromatic rings. The van der Waals surface area contributed by atoms with Crippen molar-refractivity contribution in [2.45, 2.75) is 32.3 Å². The number of carbonyl (C=O) groups excluding carboxylic acids is 1. The molecule has 1 aromatic carbocycles. The van der Waals surface area contributed by atoms with Gasteiger partial charge in [0, 0.05) is 30.5 Å². The van der Waals surface area contributed by atoms with Gasteiger partial charge in [0.1, 0.15) is 11.1 Å². The van der Waals surface area contributed by atoms with E-state index < -0.39 is 0 Å². The van der Waals surface area contributed by atoms with Crippen LogP contribution in [0.2, 0.25) is 0 Å². The fourth-order valence-electron chi connectivity index (χ4n) is 2.54. The Kier molecular flexibility index (Phi) is 4.85. The number of amides is 1. The topological polar surface area (TPSA) is 51.2 Å². The molecule has 0 saturated carbocycles. The number of aromatic nitrogens is 1. The van der Waals surface area contributed by atoms with E-state index in [0.717, 1.165) is 35.5 Å². The lowest BCUT2D eigenvalue weighted by molar-refractivity contribution is -0.129. The summed E-state index contributed by atoms with van der Waals surface area (Å²) in [4.78, 5) is 16.5. The van der Waals surface area contributed by atoms with E-state index in [1.807, 2.05) is 6.07 Å². The number of aryl methyl sites for hydroxylation is 1. The summed E-state index contributed by atoms with van der Waals surface area (Å²) < 4.78 is 5.37. The summed E-state index contributed by atoms with van der Waals surface area (Å²) in [5, 5.41) is 6.03. The van der Waals surface area contributed by atoms with Gasteiger partial charge in [0.15, 0.2) is 0 Å². The number of benzene rings is 1. The molecule has 22 heavy (non-hydrogen) atoms. The quantitative estimate of drug-likeness (QED) is 0.922. The zero-order valence-corrected chi connectivity index (χ0v) is 13.5. The molecule has 1 unspecified atom stereocenters. The molecule has 5 heteroatoms. The lowest BCUT2D eigenvalue weighted by Gasteiger charge is -2.09. The maximum atomic E-state index is 11.8. The van der Waals surface area contributed by atoms with Crippen LogP contribution < -0.4 is 5.32 Å². The van der Waals surface area contributed by atoms with Crippen LogP contribution in [0.15, 0.2) is 29.6 Å². The van der Waals surface area contributed by atoms with E-state index in [4.69, 9.17) is 4.74 Å². The van der Waals surface area contributed by atoms with E-state index in [1.165, 1.54) is 5.56 Å². The molecule has 0 spiro atoms. The summed E-state index contributed by atoms with van der Waals surface area (Å²) in [6.07, 6.45) is 2.31. The van der Waals surface area contributed by atoms with Crippen molar-refractivity contribution in [3.8, 4) is 10.6 Å². The molecule has 0 aliphatic carbocycles. The number of hydrogen-bond acceptors (Lipinski definition) is 4. The number of ether oxygens (including phenoxy) is 1. The predicted octanol–water partition coefficient (Wildman–Crippen LogP) is 2.96. The van der Waals surface area contributed by atoms with Gasteiger partial charge in [0.2, 0.25) is 5.91 Å². The first-order valence-electron chi connectivity index (χ1n) is 7.63. The Hall–Kier alpha value is -1.72. The maximum absolute atomic E-state index is 11.8. The van der Waals surface area contributed by atoms with Crippen LogP contribution in [0.4, 0.5) is 0 Å². The van der Waals surface area contributed by atoms with Crippen molar-refractivity contribution in [1.29, 1.82) is 0 Å². The Morgan fingerprint density at radius 3 is 3.18 bits per heavy atom. The lowest BCUT2D eigenvalue weighted by atomic mass is 10.1. The monoisotopic (exact) mass is 316 g/mol. The molecule has 0 bridgehead atoms. The molecule has 1 fully saturated rings. The average molecular weight is 316 g/mol. The third kappa shape index (κ3) is 3.72. The van der Waals surface area contributed by atoms with Crippen LogP contribution in [-0.2, 0) is 16.0 Å². The number of nitrogens with zero attached hydrogens (tertiary/aromatic N) is 1. The Labute approximate surface area is 134 Å². The maximum Gasteiger partial charge on any atom is 0.249 e. The smallest absolute Gasteiger partial charge is 0.249 e. The van der Waals surface area contributed by atoms with E-state index in [9.17, 15) is 4.79 Å². The Bertz CT molecular complexity index is 648. The van der Waals surface area contributed by atoms with Crippen LogP contribution in [0, 0.1) is 6.92 Å². The van der Waals surface area contributed by atoms with Crippen molar-refractivity contribution >= 4 is 17.2 Å². The summed E-state index contributed by atoms with van der Waals surface area (Å²) in [5.74, 6) is 0.00615. The van der Waals surface area contributed by atoms with Crippen LogP contribution in [-0.4, -0.2) is 30.1 Å². The largest absolute Gasteiger partial charge is 0.368 e. The zero-order chi connectivity index (χ0) is 15.4. The van der Waals surface area contributed by atoms with E-state index in [-0.39, 0.29) is 12.0 Å². The van der Waals surface area contributed by atoms with Gasteiger partial charge in [0.25, 0.3) is 0 Å². The number of carbonyl (C=O) groups is 1. The molecule has 3 rings (SSSR count). The highest BCUT2D eigenvalue weighted by atomic mass is 32.1. The molecule has 4 nitrogen and oxygen atoms in total. The third-order valence-corrected chi connectivity index (χ3v) is 4.66. The lowest BCUT2D eigenvalue weighted by Crippen LogP contribution is -2.35. The Morgan fingerprint density at radius 2 is 2.41 bits per heavy atom. The van der Waals surface area contributed by atoms with Crippen LogP contribution in [0.25, 0.3) is 10.6 Å². The molecule has 1 aromatic heterocycles. The molecule has 1 atom stereocenters. The summed E-state index contributed by atoms with van der Waals surface area (Å²) in [6, 6.07) is 8.35. The van der Waals surface area contributed by atoms with Crippen LogP contribution in [0.5, 0.6) is 0 Å². The summed E-state index contributed by atoms with van der Waals surface area (Å²) >= 11 is 1.65. The average Bonchev–Trinajstić information content (AvgIpc) is 3.19. The fourth-order valence-corrected chi connectivity index (χ4v) is 3.40. The number of rotatable bonds is 5. The molecule has 1 aliphatic rings. The van der Waals surface area contributed by atoms with Crippen LogP contribution in [0.3, 0.4) is 0 Å². The second-order valence-electron chi connectivity index (χ2n) is 5.56. The van der Waals surface area contributed by atoms with Crippen molar-refractivity contribution in [3.05, 3.63) is 40.9 Å². The molecule has 1 saturated heterocycles. The van der Waals surface area contributed by atoms with Gasteiger partial charge in [-0.05, 0) is 25.8 Å². The minimum atomic E-state index is -0.252. The minimum absolute atomic E-state index is 0.00615. The molecule has 1 amide bonds. The van der Waals surface area contributed by atoms with Gasteiger partial charge in [-0.15, -0.1) is 11.3 Å². The summed E-state index contributed by atoms with van der Waals surface area (Å²) in [6.45, 7) is 3.39. The zero-order valence-electron chi connectivity index (χ0n) is 12.7. The number of nitrogens with one attached hydrogen (secondary N) is 1. The first-order chi connectivity index (χ1) is 10.7. The van der Waals surface area contributed by atoms with Crippen molar-refractivity contribution in [2.24, 2.45) is 0 Å². The normalized spacial score (nSPS) is 17.6. The summed E-state index contributed by atoms with van der Waals surface area (Å²) in [5.41, 5.74) is 3.41. The SMILES string of the molecule is Cc1cccc(-c2nc(CCNC(=O)C3CCCO3)cs2)c1. The molecular weight excluding hydrogens is 296 g/mol. The standard InChI is InChI=1S/C17H20N2O2S/c1-12-4-2-5-13(10-12)17-19-14(11-22-17)7-8-18-16(20)15-6-3-9-21-15/h2,4-5,10-11,15H,3,6-9H2,1H3,(H,18,20). The van der Waals surface area contributed by atoms with E-state index >= 15 is 0 Å². The summed E-state index contributed by atoms with van der Waals surface area (Å²) in [7, 11) is 0. The molecule has 2 heterocycles. The predicted molar refractivity (Wildman–Crippen MR) is 88.0 cm³/mol. The van der Waals surface area contributed by atoms with Gasteiger partial charge in [0.05, 0.1) is 5.69 Å². The molecule has 0 radical (unpaired) electrons. The van der Waals surface area contributed by atoms with Crippen molar-refractivity contribution in [2.75, 3.05) is 13.2 Å². The van der Waals surface area contributed by atoms with Crippen molar-refractivity contribution < 1.29 is 9.53 Å². The highest BCUT2D eigenvalue weighted by Crippen LogP contribution is 2.24. The number of hydrogen-bond donors (Lipinski definition) is 1. The third-order valence-electron chi connectivity index (χ3n) is 3.72. The molecular formula is C17H20N2O2S. The van der Waals surface area contributed by atoms with Gasteiger partial charge in [-0.25, -0.2) is 4.98 Å². The first-order valence-corrected chi connectivity index (χ1v) is 8.51. The molecule has 1 N–H and O–H groups in total. The second-order valence-corrected chi connectivity index (χ2v) is 6.41.